The van der Waals surface area contributed by atoms with Gasteiger partial charge in [0.2, 0.25) is 0 Å². The molecule has 4 nitrogen and oxygen atoms in total. The number of nitriles is 1. The Kier molecular flexibility index (Phi) is 1.74. The molecule has 0 aliphatic carbocycles. The highest BCUT2D eigenvalue weighted by molar-refractivity contribution is 5.84. The van der Waals surface area contributed by atoms with Gasteiger partial charge in [0.1, 0.15) is 11.3 Å². The molecule has 78 valence electrons. The molecule has 2 aromatic rings. The Morgan fingerprint density at radius 1 is 1.25 bits per heavy atom. The van der Waals surface area contributed by atoms with Gasteiger partial charge in [0.25, 0.3) is 0 Å². The maximum Gasteiger partial charge on any atom is 0.185 e. The Balaban J connectivity index is 2.42. The van der Waals surface area contributed by atoms with Gasteiger partial charge in [0.05, 0.1) is 6.54 Å². The second-order valence-corrected chi connectivity index (χ2v) is 3.84. The van der Waals surface area contributed by atoms with E-state index in [1.807, 2.05) is 34.9 Å². The Hall–Kier alpha value is -2.28. The van der Waals surface area contributed by atoms with Crippen LogP contribution in [0.1, 0.15) is 0 Å². The Labute approximate surface area is 92.5 Å². The van der Waals surface area contributed by atoms with Gasteiger partial charge in [-0.2, -0.15) is 5.26 Å². The molecular weight excluding hydrogens is 200 g/mol. The summed E-state index contributed by atoms with van der Waals surface area (Å²) < 4.78 is 1.88. The Morgan fingerprint density at radius 3 is 2.88 bits per heavy atom. The largest absolute Gasteiger partial charge is 0.310 e. The topological polar surface area (TPSA) is 55.8 Å². The van der Waals surface area contributed by atoms with E-state index in [9.17, 15) is 0 Å². The molecule has 1 aromatic carbocycles. The predicted molar refractivity (Wildman–Crippen MR) is 60.8 cm³/mol. The van der Waals surface area contributed by atoms with Crippen LogP contribution in [0.15, 0.2) is 30.3 Å². The third-order valence-corrected chi connectivity index (χ3v) is 2.99. The van der Waals surface area contributed by atoms with Gasteiger partial charge in [0, 0.05) is 11.9 Å². The van der Waals surface area contributed by atoms with E-state index in [0.717, 1.165) is 16.6 Å². The smallest absolute Gasteiger partial charge is 0.185 e. The number of anilines is 1. The lowest BCUT2D eigenvalue weighted by Gasteiger charge is -2.10. The van der Waals surface area contributed by atoms with Crippen LogP contribution in [0.3, 0.4) is 0 Å². The van der Waals surface area contributed by atoms with Gasteiger partial charge in [-0.05, 0) is 11.5 Å². The quantitative estimate of drug-likeness (QED) is 0.668. The van der Waals surface area contributed by atoms with Crippen molar-refractivity contribution in [2.24, 2.45) is 0 Å². The zero-order valence-electron chi connectivity index (χ0n) is 8.64. The van der Waals surface area contributed by atoms with Crippen LogP contribution in [0.2, 0.25) is 0 Å². The number of hydrogen-bond acceptors (Lipinski definition) is 3. The second-order valence-electron chi connectivity index (χ2n) is 3.84. The first-order valence-electron chi connectivity index (χ1n) is 5.16. The SMILES string of the molecule is N#CN1CCn2c1cc1ccccc1c2=N. The molecular formula is C12H10N4. The second kappa shape index (κ2) is 3.11. The minimum atomic E-state index is 0.492. The molecule has 1 N–H and O–H groups in total. The van der Waals surface area contributed by atoms with E-state index in [2.05, 4.69) is 6.19 Å². The van der Waals surface area contributed by atoms with Crippen molar-refractivity contribution < 1.29 is 0 Å². The first-order valence-corrected chi connectivity index (χ1v) is 5.16. The van der Waals surface area contributed by atoms with Crippen LogP contribution in [0.25, 0.3) is 10.8 Å². The van der Waals surface area contributed by atoms with Crippen LogP contribution in [-0.4, -0.2) is 11.1 Å². The summed E-state index contributed by atoms with van der Waals surface area (Å²) in [6.45, 7) is 1.38. The van der Waals surface area contributed by atoms with Crippen molar-refractivity contribution in [1.82, 2.24) is 4.57 Å². The fourth-order valence-electron chi connectivity index (χ4n) is 2.18. The normalized spacial score (nSPS) is 13.8. The van der Waals surface area contributed by atoms with Crippen LogP contribution in [0, 0.1) is 16.9 Å². The summed E-state index contributed by atoms with van der Waals surface area (Å²) in [5.74, 6) is 0.825. The van der Waals surface area contributed by atoms with Gasteiger partial charge < -0.3 is 4.57 Å². The van der Waals surface area contributed by atoms with Gasteiger partial charge in [-0.25, -0.2) is 0 Å². The van der Waals surface area contributed by atoms with E-state index in [1.165, 1.54) is 0 Å². The van der Waals surface area contributed by atoms with E-state index in [1.54, 1.807) is 4.90 Å². The van der Waals surface area contributed by atoms with Crippen molar-refractivity contribution in [1.29, 1.82) is 10.7 Å². The Bertz CT molecular complexity index is 663. The summed E-state index contributed by atoms with van der Waals surface area (Å²) in [5, 5.41) is 19.0. The molecule has 2 heterocycles. The summed E-state index contributed by atoms with van der Waals surface area (Å²) in [5.41, 5.74) is 0.492. The van der Waals surface area contributed by atoms with E-state index < -0.39 is 0 Å². The molecule has 4 heteroatoms. The number of nitrogens with one attached hydrogen (secondary N) is 1. The molecule has 0 bridgehead atoms. The third-order valence-electron chi connectivity index (χ3n) is 2.99. The fourth-order valence-corrected chi connectivity index (χ4v) is 2.18. The fraction of sp³-hybridized carbons (Fsp3) is 0.167. The van der Waals surface area contributed by atoms with Crippen LogP contribution in [0.5, 0.6) is 0 Å². The summed E-state index contributed by atoms with van der Waals surface area (Å²) in [7, 11) is 0. The summed E-state index contributed by atoms with van der Waals surface area (Å²) in [6, 6.07) is 9.78. The molecule has 0 radical (unpaired) electrons. The number of nitrogens with zero attached hydrogens (tertiary/aromatic N) is 3. The molecule has 0 saturated carbocycles. The van der Waals surface area contributed by atoms with E-state index in [0.29, 0.717) is 18.6 Å². The highest BCUT2D eigenvalue weighted by Crippen LogP contribution is 2.22. The first-order chi connectivity index (χ1) is 7.81. The minimum Gasteiger partial charge on any atom is -0.310 e. The lowest BCUT2D eigenvalue weighted by molar-refractivity contribution is 0.750. The van der Waals surface area contributed by atoms with Gasteiger partial charge >= 0.3 is 0 Å². The third kappa shape index (κ3) is 1.06. The van der Waals surface area contributed by atoms with Crippen LogP contribution in [0.4, 0.5) is 5.82 Å². The number of rotatable bonds is 0. The van der Waals surface area contributed by atoms with Gasteiger partial charge in [-0.15, -0.1) is 0 Å². The lowest BCUT2D eigenvalue weighted by Crippen LogP contribution is -2.18. The predicted octanol–water partition coefficient (Wildman–Crippen LogP) is 1.42. The van der Waals surface area contributed by atoms with Crippen molar-refractivity contribution in [3.63, 3.8) is 0 Å². The van der Waals surface area contributed by atoms with Gasteiger partial charge in [-0.1, -0.05) is 24.3 Å². The number of fused-ring (bicyclic) bond motifs is 2. The van der Waals surface area contributed by atoms with Crippen molar-refractivity contribution in [2.75, 3.05) is 11.4 Å². The van der Waals surface area contributed by atoms with Gasteiger partial charge in [-0.3, -0.25) is 10.3 Å². The molecule has 0 spiro atoms. The molecule has 0 saturated heterocycles. The zero-order chi connectivity index (χ0) is 11.1. The maximum absolute atomic E-state index is 8.98. The molecule has 0 unspecified atom stereocenters. The molecule has 3 rings (SSSR count). The maximum atomic E-state index is 8.98. The van der Waals surface area contributed by atoms with E-state index in [4.69, 9.17) is 10.7 Å². The van der Waals surface area contributed by atoms with Crippen LogP contribution >= 0.6 is 0 Å². The summed E-state index contributed by atoms with van der Waals surface area (Å²) >= 11 is 0. The standard InChI is InChI=1S/C12H10N4/c13-8-15-5-6-16-11(15)7-9-3-1-2-4-10(9)12(16)14/h1-4,7,14H,5-6H2. The number of benzene rings is 1. The average molecular weight is 210 g/mol. The molecule has 0 amide bonds. The zero-order valence-corrected chi connectivity index (χ0v) is 8.64. The highest BCUT2D eigenvalue weighted by Gasteiger charge is 2.19. The highest BCUT2D eigenvalue weighted by atomic mass is 15.3. The van der Waals surface area contributed by atoms with Crippen molar-refractivity contribution in [3.05, 3.63) is 35.8 Å². The number of pyridine rings is 1. The van der Waals surface area contributed by atoms with Crippen molar-refractivity contribution >= 4 is 16.6 Å². The average Bonchev–Trinajstić information content (AvgIpc) is 2.72. The van der Waals surface area contributed by atoms with Crippen LogP contribution in [-0.2, 0) is 6.54 Å². The molecule has 0 atom stereocenters. The molecule has 1 aromatic heterocycles. The molecule has 1 aliphatic rings. The summed E-state index contributed by atoms with van der Waals surface area (Å²) in [4.78, 5) is 1.63. The van der Waals surface area contributed by atoms with Crippen LogP contribution < -0.4 is 10.4 Å². The monoisotopic (exact) mass is 210 g/mol. The molecule has 1 aliphatic heterocycles. The van der Waals surface area contributed by atoms with Gasteiger partial charge in [0.15, 0.2) is 6.19 Å². The van der Waals surface area contributed by atoms with Crippen molar-refractivity contribution in [3.8, 4) is 6.19 Å². The number of aromatic nitrogens is 1. The lowest BCUT2D eigenvalue weighted by atomic mass is 10.1. The Morgan fingerprint density at radius 2 is 2.06 bits per heavy atom. The van der Waals surface area contributed by atoms with E-state index >= 15 is 0 Å². The summed E-state index contributed by atoms with van der Waals surface area (Å²) in [6.07, 6.45) is 2.14. The number of hydrogen-bond donors (Lipinski definition) is 1. The van der Waals surface area contributed by atoms with E-state index in [-0.39, 0.29) is 0 Å². The van der Waals surface area contributed by atoms with Crippen molar-refractivity contribution in [2.45, 2.75) is 6.54 Å². The minimum absolute atomic E-state index is 0.492. The first kappa shape index (κ1) is 8.98. The molecule has 16 heavy (non-hydrogen) atoms. The molecule has 0 fully saturated rings.